The first-order valence-corrected chi connectivity index (χ1v) is 13.7. The fraction of sp³-hybridized carbons (Fsp3) is 0.250. The quantitative estimate of drug-likeness (QED) is 0.264. The van der Waals surface area contributed by atoms with Crippen molar-refractivity contribution in [2.45, 2.75) is 26.9 Å². The van der Waals surface area contributed by atoms with Crippen LogP contribution in [0.25, 0.3) is 17.3 Å². The van der Waals surface area contributed by atoms with E-state index in [0.29, 0.717) is 11.7 Å². The van der Waals surface area contributed by atoms with Crippen LogP contribution in [0.5, 0.6) is 11.5 Å². The Hall–Kier alpha value is -4.40. The van der Waals surface area contributed by atoms with Crippen molar-refractivity contribution in [2.75, 3.05) is 26.2 Å². The summed E-state index contributed by atoms with van der Waals surface area (Å²) in [5.41, 5.74) is 5.82. The molecule has 0 N–H and O–H groups in total. The van der Waals surface area contributed by atoms with Crippen molar-refractivity contribution >= 4 is 0 Å². The third-order valence-corrected chi connectivity index (χ3v) is 7.25. The lowest BCUT2D eigenvalue weighted by molar-refractivity contribution is 0.122. The first-order valence-electron chi connectivity index (χ1n) is 13.7. The van der Waals surface area contributed by atoms with E-state index in [0.717, 1.165) is 67.8 Å². The number of rotatable bonds is 8. The van der Waals surface area contributed by atoms with E-state index in [-0.39, 0.29) is 0 Å². The topological polar surface area (TPSA) is 72.2 Å². The Morgan fingerprint density at radius 3 is 2.02 bits per heavy atom. The second-order valence-corrected chi connectivity index (χ2v) is 10.2. The lowest BCUT2D eigenvalue weighted by Gasteiger charge is -2.34. The zero-order chi connectivity index (χ0) is 27.3. The predicted octanol–water partition coefficient (Wildman–Crippen LogP) is 5.45. The molecule has 6 rings (SSSR count). The highest BCUT2D eigenvalue weighted by atomic mass is 16.5. The van der Waals surface area contributed by atoms with E-state index in [1.54, 1.807) is 17.1 Å². The Balaban J connectivity index is 1.08. The number of aryl methyl sites for hydroxylation is 1. The van der Waals surface area contributed by atoms with Gasteiger partial charge in [0.15, 0.2) is 5.75 Å². The molecule has 0 atom stereocenters. The van der Waals surface area contributed by atoms with Crippen LogP contribution in [0.15, 0.2) is 91.3 Å². The summed E-state index contributed by atoms with van der Waals surface area (Å²) in [4.78, 5) is 18.6. The Kier molecular flexibility index (Phi) is 7.61. The number of piperazine rings is 1. The number of ether oxygens (including phenoxy) is 1. The summed E-state index contributed by atoms with van der Waals surface area (Å²) >= 11 is 0. The van der Waals surface area contributed by atoms with Crippen LogP contribution >= 0.6 is 0 Å². The first kappa shape index (κ1) is 25.9. The molecule has 0 aliphatic carbocycles. The normalized spacial score (nSPS) is 14.3. The molecule has 1 aliphatic rings. The average molecular weight is 532 g/mol. The van der Waals surface area contributed by atoms with Crippen molar-refractivity contribution in [3.63, 3.8) is 0 Å². The van der Waals surface area contributed by atoms with Gasteiger partial charge in [0, 0.05) is 51.7 Å². The Bertz CT molecular complexity index is 1540. The van der Waals surface area contributed by atoms with Crippen LogP contribution in [-0.4, -0.2) is 60.7 Å². The van der Waals surface area contributed by atoms with E-state index < -0.39 is 0 Å². The molecule has 1 fully saturated rings. The van der Waals surface area contributed by atoms with Crippen molar-refractivity contribution in [2.24, 2.45) is 0 Å². The summed E-state index contributed by atoms with van der Waals surface area (Å²) in [6.07, 6.45) is 3.48. The molecule has 4 heterocycles. The summed E-state index contributed by atoms with van der Waals surface area (Å²) < 4.78 is 8.03. The molecule has 1 saturated heterocycles. The lowest BCUT2D eigenvalue weighted by atomic mass is 10.1. The number of nitrogens with zero attached hydrogens (tertiary/aromatic N) is 7. The Morgan fingerprint density at radius 1 is 0.675 bits per heavy atom. The van der Waals surface area contributed by atoms with Gasteiger partial charge in [-0.3, -0.25) is 14.8 Å². The van der Waals surface area contributed by atoms with Gasteiger partial charge in [0.1, 0.15) is 11.4 Å². The fourth-order valence-electron chi connectivity index (χ4n) is 5.06. The first-order chi connectivity index (χ1) is 19.6. The molecule has 5 aromatic rings. The monoisotopic (exact) mass is 531 g/mol. The van der Waals surface area contributed by atoms with Crippen LogP contribution in [0.3, 0.4) is 0 Å². The number of pyridine rings is 1. The van der Waals surface area contributed by atoms with Crippen molar-refractivity contribution in [3.8, 4) is 28.8 Å². The van der Waals surface area contributed by atoms with Crippen molar-refractivity contribution in [1.29, 1.82) is 0 Å². The second-order valence-electron chi connectivity index (χ2n) is 10.2. The van der Waals surface area contributed by atoms with Gasteiger partial charge >= 0.3 is 0 Å². The molecule has 2 aromatic carbocycles. The van der Waals surface area contributed by atoms with Gasteiger partial charge in [-0.1, -0.05) is 48.5 Å². The molecule has 8 nitrogen and oxygen atoms in total. The number of benzene rings is 2. The van der Waals surface area contributed by atoms with E-state index in [1.807, 2.05) is 50.2 Å². The lowest BCUT2D eigenvalue weighted by Crippen LogP contribution is -2.45. The third-order valence-electron chi connectivity index (χ3n) is 7.25. The Labute approximate surface area is 234 Å². The molecule has 0 radical (unpaired) electrons. The third kappa shape index (κ3) is 5.93. The van der Waals surface area contributed by atoms with E-state index in [9.17, 15) is 0 Å². The maximum Gasteiger partial charge on any atom is 0.251 e. The van der Waals surface area contributed by atoms with Crippen LogP contribution in [-0.2, 0) is 13.1 Å². The highest BCUT2D eigenvalue weighted by Gasteiger charge is 2.19. The summed E-state index contributed by atoms with van der Waals surface area (Å²) in [5, 5.41) is 4.67. The SMILES string of the molecule is Cc1nn(-c2nccc(-c3ccccn3)n2)c(C)c1Oc1ccc(CN2CCN(Cc3ccccc3)CC2)cc1. The maximum absolute atomic E-state index is 6.30. The molecule has 202 valence electrons. The van der Waals surface area contributed by atoms with Crippen molar-refractivity contribution < 1.29 is 4.74 Å². The van der Waals surface area contributed by atoms with E-state index >= 15 is 0 Å². The zero-order valence-corrected chi connectivity index (χ0v) is 22.9. The summed E-state index contributed by atoms with van der Waals surface area (Å²) in [6.45, 7) is 10.2. The van der Waals surface area contributed by atoms with Gasteiger partial charge < -0.3 is 4.74 Å². The number of hydrogen-bond donors (Lipinski definition) is 0. The van der Waals surface area contributed by atoms with Gasteiger partial charge in [0.05, 0.1) is 17.1 Å². The van der Waals surface area contributed by atoms with Gasteiger partial charge in [-0.05, 0) is 55.3 Å². The van der Waals surface area contributed by atoms with Crippen LogP contribution in [0, 0.1) is 13.8 Å². The molecule has 0 bridgehead atoms. The predicted molar refractivity (Wildman–Crippen MR) is 155 cm³/mol. The molecular formula is C32H33N7O. The number of aromatic nitrogens is 5. The largest absolute Gasteiger partial charge is 0.453 e. The van der Waals surface area contributed by atoms with Crippen LogP contribution in [0.1, 0.15) is 22.5 Å². The minimum Gasteiger partial charge on any atom is -0.453 e. The fourth-order valence-corrected chi connectivity index (χ4v) is 5.06. The number of hydrogen-bond acceptors (Lipinski definition) is 7. The van der Waals surface area contributed by atoms with Crippen molar-refractivity contribution in [1.82, 2.24) is 34.5 Å². The second kappa shape index (κ2) is 11.8. The highest BCUT2D eigenvalue weighted by Crippen LogP contribution is 2.30. The minimum absolute atomic E-state index is 0.484. The molecule has 8 heteroatoms. The molecule has 1 aliphatic heterocycles. The zero-order valence-electron chi connectivity index (χ0n) is 22.9. The standard InChI is InChI=1S/C32H33N7O/c1-24-31(25(2)39(36-24)32-34-17-15-30(35-32)29-10-6-7-16-33-29)40-28-13-11-27(12-14-28)23-38-20-18-37(19-21-38)22-26-8-4-3-5-9-26/h3-17H,18-23H2,1-2H3. The van der Waals surface area contributed by atoms with Gasteiger partial charge in [0.2, 0.25) is 0 Å². The average Bonchev–Trinajstić information content (AvgIpc) is 3.28. The summed E-state index contributed by atoms with van der Waals surface area (Å²) in [5.74, 6) is 1.98. The molecule has 0 spiro atoms. The Morgan fingerprint density at radius 2 is 1.35 bits per heavy atom. The van der Waals surface area contributed by atoms with E-state index in [4.69, 9.17) is 9.72 Å². The molecule has 0 unspecified atom stereocenters. The van der Waals surface area contributed by atoms with Crippen LogP contribution < -0.4 is 4.74 Å². The van der Waals surface area contributed by atoms with Crippen LogP contribution in [0.2, 0.25) is 0 Å². The van der Waals surface area contributed by atoms with E-state index in [2.05, 4.69) is 67.3 Å². The van der Waals surface area contributed by atoms with Crippen molar-refractivity contribution in [3.05, 3.63) is 114 Å². The maximum atomic E-state index is 6.30. The van der Waals surface area contributed by atoms with Gasteiger partial charge in [0.25, 0.3) is 5.95 Å². The highest BCUT2D eigenvalue weighted by molar-refractivity contribution is 5.54. The molecule has 0 amide bonds. The molecule has 3 aromatic heterocycles. The minimum atomic E-state index is 0.484. The van der Waals surface area contributed by atoms with E-state index in [1.165, 1.54) is 11.1 Å². The van der Waals surface area contributed by atoms with Gasteiger partial charge in [-0.2, -0.15) is 9.78 Å². The summed E-state index contributed by atoms with van der Waals surface area (Å²) in [7, 11) is 0. The van der Waals surface area contributed by atoms with Crippen LogP contribution in [0.4, 0.5) is 0 Å². The van der Waals surface area contributed by atoms with Gasteiger partial charge in [-0.25, -0.2) is 9.97 Å². The molecular weight excluding hydrogens is 498 g/mol. The summed E-state index contributed by atoms with van der Waals surface area (Å²) in [6, 6.07) is 26.7. The smallest absolute Gasteiger partial charge is 0.251 e. The molecule has 40 heavy (non-hydrogen) atoms. The van der Waals surface area contributed by atoms with Gasteiger partial charge in [-0.15, -0.1) is 0 Å². The molecule has 0 saturated carbocycles.